The number of rotatable bonds is 5. The van der Waals surface area contributed by atoms with Crippen molar-refractivity contribution >= 4 is 11.7 Å². The minimum atomic E-state index is -0.0513. The van der Waals surface area contributed by atoms with Gasteiger partial charge in [-0.1, -0.05) is 68.8 Å². The fourth-order valence-corrected chi connectivity index (χ4v) is 4.24. The molecule has 0 radical (unpaired) electrons. The van der Waals surface area contributed by atoms with Crippen LogP contribution in [0.5, 0.6) is 5.75 Å². The van der Waals surface area contributed by atoms with Gasteiger partial charge in [0, 0.05) is 37.8 Å². The van der Waals surface area contributed by atoms with Crippen molar-refractivity contribution < 1.29 is 9.53 Å². The van der Waals surface area contributed by atoms with Gasteiger partial charge in [0.2, 0.25) is 0 Å². The highest BCUT2D eigenvalue weighted by Crippen LogP contribution is 2.32. The number of benzene rings is 2. The van der Waals surface area contributed by atoms with Gasteiger partial charge in [-0.05, 0) is 30.9 Å². The zero-order valence-corrected chi connectivity index (χ0v) is 20.8. The summed E-state index contributed by atoms with van der Waals surface area (Å²) in [6.07, 6.45) is 0. The summed E-state index contributed by atoms with van der Waals surface area (Å²) in [5, 5.41) is 0. The van der Waals surface area contributed by atoms with E-state index in [9.17, 15) is 4.79 Å². The second kappa shape index (κ2) is 9.84. The van der Waals surface area contributed by atoms with Gasteiger partial charge in [0.1, 0.15) is 17.4 Å². The van der Waals surface area contributed by atoms with Crippen LogP contribution in [0.3, 0.4) is 0 Å². The minimum Gasteiger partial charge on any atom is -0.483 e. The first-order valence-electron chi connectivity index (χ1n) is 11.9. The molecule has 0 saturated carbocycles. The standard InChI is InChI=1S/C28H34N4O2/c1-20-11-12-25(23(17-20)28(3,4)5)34-19-27(33)32-15-13-31(14-16-32)26-18-24(29-21(2)30-26)22-9-7-6-8-10-22/h6-12,17-18H,13-16,19H2,1-5H3. The van der Waals surface area contributed by atoms with Crippen molar-refractivity contribution in [2.45, 2.75) is 40.0 Å². The molecule has 1 aliphatic rings. The summed E-state index contributed by atoms with van der Waals surface area (Å²) < 4.78 is 6.00. The average Bonchev–Trinajstić information content (AvgIpc) is 2.83. The lowest BCUT2D eigenvalue weighted by Crippen LogP contribution is -2.50. The van der Waals surface area contributed by atoms with Crippen molar-refractivity contribution in [3.8, 4) is 17.0 Å². The normalized spacial score (nSPS) is 14.3. The maximum atomic E-state index is 12.9. The van der Waals surface area contributed by atoms with Crippen molar-refractivity contribution in [1.29, 1.82) is 0 Å². The average molecular weight is 459 g/mol. The Bertz CT molecular complexity index is 1150. The first kappa shape index (κ1) is 23.7. The molecule has 0 unspecified atom stereocenters. The third kappa shape index (κ3) is 5.56. The smallest absolute Gasteiger partial charge is 0.260 e. The molecule has 6 heteroatoms. The van der Waals surface area contributed by atoms with Gasteiger partial charge in [-0.3, -0.25) is 4.79 Å². The van der Waals surface area contributed by atoms with Crippen LogP contribution in [0.1, 0.15) is 37.7 Å². The van der Waals surface area contributed by atoms with Crippen LogP contribution in [0, 0.1) is 13.8 Å². The molecule has 1 aliphatic heterocycles. The molecule has 1 aromatic heterocycles. The molecule has 0 N–H and O–H groups in total. The van der Waals surface area contributed by atoms with Gasteiger partial charge in [-0.25, -0.2) is 9.97 Å². The first-order valence-corrected chi connectivity index (χ1v) is 11.9. The predicted octanol–water partition coefficient (Wildman–Crippen LogP) is 4.79. The second-order valence-electron chi connectivity index (χ2n) is 9.93. The number of ether oxygens (including phenoxy) is 1. The van der Waals surface area contributed by atoms with E-state index in [-0.39, 0.29) is 17.9 Å². The number of anilines is 1. The maximum absolute atomic E-state index is 12.9. The summed E-state index contributed by atoms with van der Waals surface area (Å²) in [6.45, 7) is 13.3. The molecule has 2 heterocycles. The molecule has 1 amide bonds. The number of hydrogen-bond acceptors (Lipinski definition) is 5. The monoisotopic (exact) mass is 458 g/mol. The highest BCUT2D eigenvalue weighted by atomic mass is 16.5. The van der Waals surface area contributed by atoms with Crippen molar-refractivity contribution in [2.75, 3.05) is 37.7 Å². The lowest BCUT2D eigenvalue weighted by atomic mass is 9.85. The molecule has 1 fully saturated rings. The largest absolute Gasteiger partial charge is 0.483 e. The molecule has 34 heavy (non-hydrogen) atoms. The molecule has 0 aliphatic carbocycles. The zero-order chi connectivity index (χ0) is 24.3. The van der Waals surface area contributed by atoms with Crippen molar-refractivity contribution in [2.24, 2.45) is 0 Å². The predicted molar refractivity (Wildman–Crippen MR) is 136 cm³/mol. The van der Waals surface area contributed by atoms with Crippen LogP contribution >= 0.6 is 0 Å². The quantitative estimate of drug-likeness (QED) is 0.550. The van der Waals surface area contributed by atoms with E-state index in [1.165, 1.54) is 5.56 Å². The number of piperazine rings is 1. The number of aryl methyl sites for hydroxylation is 2. The van der Waals surface area contributed by atoms with Crippen LogP contribution in [0.2, 0.25) is 0 Å². The number of aromatic nitrogens is 2. The molecular formula is C28H34N4O2. The van der Waals surface area contributed by atoms with Crippen molar-refractivity contribution in [1.82, 2.24) is 14.9 Å². The highest BCUT2D eigenvalue weighted by molar-refractivity contribution is 5.78. The van der Waals surface area contributed by atoms with Gasteiger partial charge in [0.05, 0.1) is 5.69 Å². The zero-order valence-electron chi connectivity index (χ0n) is 20.8. The molecule has 0 atom stereocenters. The van der Waals surface area contributed by atoms with E-state index in [1.807, 2.05) is 48.2 Å². The Morgan fingerprint density at radius 3 is 2.32 bits per heavy atom. The molecule has 178 valence electrons. The summed E-state index contributed by atoms with van der Waals surface area (Å²) >= 11 is 0. The van der Waals surface area contributed by atoms with Crippen molar-refractivity contribution in [3.63, 3.8) is 0 Å². The van der Waals surface area contributed by atoms with E-state index >= 15 is 0 Å². The first-order chi connectivity index (χ1) is 16.2. The topological polar surface area (TPSA) is 58.6 Å². The van der Waals surface area contributed by atoms with Crippen LogP contribution in [0.4, 0.5) is 5.82 Å². The van der Waals surface area contributed by atoms with E-state index in [2.05, 4.69) is 60.8 Å². The van der Waals surface area contributed by atoms with E-state index in [0.717, 1.165) is 47.3 Å². The molecule has 0 spiro atoms. The Labute approximate surface area is 202 Å². The summed E-state index contributed by atoms with van der Waals surface area (Å²) in [5.74, 6) is 2.46. The molecule has 2 aromatic carbocycles. The molecular weight excluding hydrogens is 424 g/mol. The minimum absolute atomic E-state index is 0.0175. The summed E-state index contributed by atoms with van der Waals surface area (Å²) in [7, 11) is 0. The number of carbonyl (C=O) groups excluding carboxylic acids is 1. The van der Waals surface area contributed by atoms with E-state index < -0.39 is 0 Å². The van der Waals surface area contributed by atoms with Crippen LogP contribution in [-0.2, 0) is 10.2 Å². The van der Waals surface area contributed by atoms with E-state index in [0.29, 0.717) is 13.1 Å². The number of hydrogen-bond donors (Lipinski definition) is 0. The summed E-state index contributed by atoms with van der Waals surface area (Å²) in [5.41, 5.74) is 4.26. The Hall–Kier alpha value is -3.41. The van der Waals surface area contributed by atoms with Gasteiger partial charge < -0.3 is 14.5 Å². The Kier molecular flexibility index (Phi) is 6.87. The lowest BCUT2D eigenvalue weighted by molar-refractivity contribution is -0.133. The van der Waals surface area contributed by atoms with Gasteiger partial charge in [-0.2, -0.15) is 0 Å². The number of amides is 1. The van der Waals surface area contributed by atoms with E-state index in [1.54, 1.807) is 0 Å². The third-order valence-electron chi connectivity index (χ3n) is 6.14. The second-order valence-corrected chi connectivity index (χ2v) is 9.93. The molecule has 6 nitrogen and oxygen atoms in total. The van der Waals surface area contributed by atoms with Gasteiger partial charge in [0.15, 0.2) is 6.61 Å². The third-order valence-corrected chi connectivity index (χ3v) is 6.14. The molecule has 1 saturated heterocycles. The Morgan fingerprint density at radius 2 is 1.65 bits per heavy atom. The van der Waals surface area contributed by atoms with E-state index in [4.69, 9.17) is 4.74 Å². The fourth-order valence-electron chi connectivity index (χ4n) is 4.24. The summed E-state index contributed by atoms with van der Waals surface area (Å²) in [4.78, 5) is 26.3. The molecule has 4 rings (SSSR count). The molecule has 0 bridgehead atoms. The maximum Gasteiger partial charge on any atom is 0.260 e. The van der Waals surface area contributed by atoms with Gasteiger partial charge in [-0.15, -0.1) is 0 Å². The van der Waals surface area contributed by atoms with Gasteiger partial charge >= 0.3 is 0 Å². The number of nitrogens with zero attached hydrogens (tertiary/aromatic N) is 4. The van der Waals surface area contributed by atoms with Crippen LogP contribution in [-0.4, -0.2) is 53.6 Å². The van der Waals surface area contributed by atoms with Crippen molar-refractivity contribution in [3.05, 3.63) is 71.5 Å². The SMILES string of the molecule is Cc1ccc(OCC(=O)N2CCN(c3cc(-c4ccccc4)nc(C)n3)CC2)c(C(C)(C)C)c1. The number of carbonyl (C=O) groups is 1. The lowest BCUT2D eigenvalue weighted by Gasteiger charge is -2.35. The van der Waals surface area contributed by atoms with Crippen LogP contribution in [0.15, 0.2) is 54.6 Å². The Morgan fingerprint density at radius 1 is 0.941 bits per heavy atom. The highest BCUT2D eigenvalue weighted by Gasteiger charge is 2.24. The molecule has 3 aromatic rings. The van der Waals surface area contributed by atoms with Crippen LogP contribution in [0.25, 0.3) is 11.3 Å². The summed E-state index contributed by atoms with van der Waals surface area (Å²) in [6, 6.07) is 18.3. The van der Waals surface area contributed by atoms with Gasteiger partial charge in [0.25, 0.3) is 5.91 Å². The Balaban J connectivity index is 1.38. The van der Waals surface area contributed by atoms with Crippen LogP contribution < -0.4 is 9.64 Å². The fraction of sp³-hybridized carbons (Fsp3) is 0.393.